The molecule has 0 amide bonds. The number of aromatic nitrogens is 2. The van der Waals surface area contributed by atoms with Crippen molar-refractivity contribution in [1.82, 2.24) is 9.55 Å². The maximum atomic E-state index is 13.3. The summed E-state index contributed by atoms with van der Waals surface area (Å²) in [6.45, 7) is 0. The smallest absolute Gasteiger partial charge is 0.266 e. The van der Waals surface area contributed by atoms with E-state index < -0.39 is 17.2 Å². The monoisotopic (exact) mass is 282 g/mol. The summed E-state index contributed by atoms with van der Waals surface area (Å²) in [5, 5.41) is 9.99. The number of hydrogen-bond acceptors (Lipinski definition) is 4. The van der Waals surface area contributed by atoms with E-state index in [1.807, 2.05) is 0 Å². The van der Waals surface area contributed by atoms with Crippen molar-refractivity contribution in [3.63, 3.8) is 0 Å². The molecule has 102 valence electrons. The number of carbonyl (C=O) groups is 1. The van der Waals surface area contributed by atoms with Crippen molar-refractivity contribution >= 4 is 16.7 Å². The van der Waals surface area contributed by atoms with Crippen LogP contribution in [-0.4, -0.2) is 20.4 Å². The van der Waals surface area contributed by atoms with Gasteiger partial charge in [0.2, 0.25) is 5.78 Å². The third-order valence-electron chi connectivity index (χ3n) is 3.52. The second-order valence-electron chi connectivity index (χ2n) is 4.74. The summed E-state index contributed by atoms with van der Waals surface area (Å²) in [5.74, 6) is -1.39. The number of nitrogens with zero attached hydrogens (tertiary/aromatic N) is 2. The second kappa shape index (κ2) is 3.76. The van der Waals surface area contributed by atoms with Gasteiger partial charge in [-0.05, 0) is 30.3 Å². The molecule has 0 spiro atoms. The van der Waals surface area contributed by atoms with E-state index in [-0.39, 0.29) is 28.0 Å². The Morgan fingerprint density at radius 1 is 1.14 bits per heavy atom. The molecule has 6 heteroatoms. The second-order valence-corrected chi connectivity index (χ2v) is 4.74. The first-order valence-corrected chi connectivity index (χ1v) is 6.17. The third kappa shape index (κ3) is 1.41. The van der Waals surface area contributed by atoms with Gasteiger partial charge in [0.15, 0.2) is 5.82 Å². The van der Waals surface area contributed by atoms with Gasteiger partial charge in [0.1, 0.15) is 17.1 Å². The van der Waals surface area contributed by atoms with Gasteiger partial charge in [-0.2, -0.15) is 0 Å². The van der Waals surface area contributed by atoms with E-state index in [9.17, 15) is 19.1 Å². The highest BCUT2D eigenvalue weighted by Gasteiger charge is 2.31. The van der Waals surface area contributed by atoms with E-state index in [4.69, 9.17) is 0 Å². The Labute approximate surface area is 116 Å². The number of aromatic hydroxyl groups is 1. The summed E-state index contributed by atoms with van der Waals surface area (Å²) < 4.78 is 14.5. The van der Waals surface area contributed by atoms with Gasteiger partial charge in [-0.1, -0.05) is 6.07 Å². The van der Waals surface area contributed by atoms with E-state index in [0.717, 1.165) is 10.6 Å². The van der Waals surface area contributed by atoms with Gasteiger partial charge in [-0.3, -0.25) is 14.2 Å². The molecule has 0 radical (unpaired) electrons. The highest BCUT2D eigenvalue weighted by atomic mass is 19.1. The summed E-state index contributed by atoms with van der Waals surface area (Å²) in [7, 11) is 0. The van der Waals surface area contributed by atoms with Crippen molar-refractivity contribution in [1.29, 1.82) is 0 Å². The minimum Gasteiger partial charge on any atom is -0.506 e. The fourth-order valence-electron chi connectivity index (χ4n) is 2.58. The summed E-state index contributed by atoms with van der Waals surface area (Å²) in [6, 6.07) is 8.06. The van der Waals surface area contributed by atoms with Crippen LogP contribution in [0.25, 0.3) is 16.6 Å². The largest absolute Gasteiger partial charge is 0.506 e. The van der Waals surface area contributed by atoms with Crippen LogP contribution >= 0.6 is 0 Å². The van der Waals surface area contributed by atoms with E-state index in [0.29, 0.717) is 5.69 Å². The molecule has 1 aliphatic rings. The van der Waals surface area contributed by atoms with Crippen LogP contribution in [0.1, 0.15) is 16.2 Å². The number of rotatable bonds is 0. The lowest BCUT2D eigenvalue weighted by molar-refractivity contribution is 0.103. The van der Waals surface area contributed by atoms with Gasteiger partial charge in [0.05, 0.1) is 16.6 Å². The van der Waals surface area contributed by atoms with E-state index in [1.54, 1.807) is 0 Å². The van der Waals surface area contributed by atoms with Gasteiger partial charge in [0, 0.05) is 0 Å². The summed E-state index contributed by atoms with van der Waals surface area (Å²) in [5.41, 5.74) is -0.00600. The summed E-state index contributed by atoms with van der Waals surface area (Å²) in [4.78, 5) is 28.9. The van der Waals surface area contributed by atoms with Gasteiger partial charge < -0.3 is 5.11 Å². The molecule has 1 aliphatic heterocycles. The minimum atomic E-state index is -0.560. The number of para-hydroxylation sites is 1. The van der Waals surface area contributed by atoms with Crippen molar-refractivity contribution in [2.45, 2.75) is 0 Å². The van der Waals surface area contributed by atoms with Gasteiger partial charge in [-0.25, -0.2) is 9.37 Å². The molecule has 3 aromatic rings. The Bertz CT molecular complexity index is 1010. The summed E-state index contributed by atoms with van der Waals surface area (Å²) in [6.07, 6.45) is 0. The van der Waals surface area contributed by atoms with Crippen LogP contribution < -0.4 is 5.56 Å². The Hall–Kier alpha value is -3.02. The highest BCUT2D eigenvalue weighted by molar-refractivity contribution is 6.13. The molecular formula is C15H7FN2O3. The molecule has 1 N–H and O–H groups in total. The lowest BCUT2D eigenvalue weighted by atomic mass is 10.1. The van der Waals surface area contributed by atoms with Crippen molar-refractivity contribution < 1.29 is 14.3 Å². The topological polar surface area (TPSA) is 72.2 Å². The quantitative estimate of drug-likeness (QED) is 0.533. The molecule has 0 saturated heterocycles. The molecular weight excluding hydrogens is 275 g/mol. The number of carbonyl (C=O) groups excluding carboxylic acids is 1. The molecule has 4 rings (SSSR count). The maximum Gasteiger partial charge on any atom is 0.266 e. The van der Waals surface area contributed by atoms with Crippen LogP contribution in [0.2, 0.25) is 0 Å². The number of fused-ring (bicyclic) bond motifs is 4. The maximum absolute atomic E-state index is 13.3. The minimum absolute atomic E-state index is 0.0652. The zero-order valence-electron chi connectivity index (χ0n) is 10.5. The molecule has 2 aromatic carbocycles. The first-order valence-electron chi connectivity index (χ1n) is 6.17. The molecule has 0 saturated carbocycles. The lowest BCUT2D eigenvalue weighted by Gasteiger charge is -2.06. The number of phenols is 1. The van der Waals surface area contributed by atoms with Crippen LogP contribution in [0, 0.1) is 5.82 Å². The average molecular weight is 282 g/mol. The SMILES string of the molecule is O=C1c2cc(F)ccc2-n2c1nc1c(O)cccc1c2=O. The first kappa shape index (κ1) is 11.8. The molecule has 2 heterocycles. The average Bonchev–Trinajstić information content (AvgIpc) is 2.74. The standard InChI is InChI=1S/C15H7FN2O3/c16-7-4-5-10-9(6-7)13(20)14-17-12-8(15(21)18(10)14)2-1-3-11(12)19/h1-6,19H. The predicted octanol–water partition coefficient (Wildman–Crippen LogP) is 1.77. The number of hydrogen-bond donors (Lipinski definition) is 1. The summed E-state index contributed by atoms with van der Waals surface area (Å²) >= 11 is 0. The van der Waals surface area contributed by atoms with Gasteiger partial charge >= 0.3 is 0 Å². The van der Waals surface area contributed by atoms with E-state index >= 15 is 0 Å². The van der Waals surface area contributed by atoms with Crippen LogP contribution in [0.5, 0.6) is 5.75 Å². The molecule has 0 unspecified atom stereocenters. The number of phenolic OH excluding ortho intramolecular Hbond substituents is 1. The number of ketones is 1. The van der Waals surface area contributed by atoms with Crippen LogP contribution in [0.3, 0.4) is 0 Å². The molecule has 5 nitrogen and oxygen atoms in total. The Kier molecular flexibility index (Phi) is 2.11. The molecule has 0 atom stereocenters. The van der Waals surface area contributed by atoms with E-state index in [2.05, 4.69) is 4.98 Å². The number of halogens is 1. The van der Waals surface area contributed by atoms with Crippen molar-refractivity contribution in [2.24, 2.45) is 0 Å². The fourth-order valence-corrected chi connectivity index (χ4v) is 2.58. The van der Waals surface area contributed by atoms with Gasteiger partial charge in [0.25, 0.3) is 5.56 Å². The predicted molar refractivity (Wildman–Crippen MR) is 72.4 cm³/mol. The molecule has 21 heavy (non-hydrogen) atoms. The third-order valence-corrected chi connectivity index (χ3v) is 3.52. The van der Waals surface area contributed by atoms with Crippen molar-refractivity contribution in [2.75, 3.05) is 0 Å². The van der Waals surface area contributed by atoms with Crippen molar-refractivity contribution in [3.8, 4) is 11.4 Å². The zero-order valence-corrected chi connectivity index (χ0v) is 10.5. The van der Waals surface area contributed by atoms with Crippen LogP contribution in [-0.2, 0) is 0 Å². The Morgan fingerprint density at radius 3 is 2.76 bits per heavy atom. The Balaban J connectivity index is 2.20. The Morgan fingerprint density at radius 2 is 1.95 bits per heavy atom. The molecule has 0 bridgehead atoms. The van der Waals surface area contributed by atoms with E-state index in [1.165, 1.54) is 30.3 Å². The highest BCUT2D eigenvalue weighted by Crippen LogP contribution is 2.28. The lowest BCUT2D eigenvalue weighted by Crippen LogP contribution is -2.21. The molecule has 1 aromatic heterocycles. The van der Waals surface area contributed by atoms with Crippen LogP contribution in [0.4, 0.5) is 4.39 Å². The number of benzene rings is 2. The fraction of sp³-hybridized carbons (Fsp3) is 0. The zero-order chi connectivity index (χ0) is 14.7. The first-order chi connectivity index (χ1) is 10.1. The van der Waals surface area contributed by atoms with Gasteiger partial charge in [-0.15, -0.1) is 0 Å². The molecule has 0 fully saturated rings. The molecule has 0 aliphatic carbocycles. The van der Waals surface area contributed by atoms with Crippen LogP contribution in [0.15, 0.2) is 41.2 Å². The van der Waals surface area contributed by atoms with Crippen molar-refractivity contribution in [3.05, 3.63) is 64.0 Å². The normalized spacial score (nSPS) is 12.5.